The summed E-state index contributed by atoms with van der Waals surface area (Å²) in [4.78, 5) is 20.2. The Balaban J connectivity index is 2.04. The van der Waals surface area contributed by atoms with Gasteiger partial charge in [0.2, 0.25) is 5.91 Å². The van der Waals surface area contributed by atoms with Crippen LogP contribution in [0, 0.1) is 13.8 Å². The zero-order chi connectivity index (χ0) is 14.5. The molecule has 2 heterocycles. The SMILES string of the molecule is COCCNC(=O)CCc1c(C)nc2ncnn2c1C. The minimum absolute atomic E-state index is 0.0135. The molecule has 0 unspecified atom stereocenters. The Hall–Kier alpha value is -2.02. The third-order valence-electron chi connectivity index (χ3n) is 3.22. The van der Waals surface area contributed by atoms with Gasteiger partial charge in [-0.2, -0.15) is 10.1 Å². The Morgan fingerprint density at radius 3 is 3.00 bits per heavy atom. The van der Waals surface area contributed by atoms with Crippen LogP contribution in [0.1, 0.15) is 23.4 Å². The molecule has 1 N–H and O–H groups in total. The average Bonchev–Trinajstić information content (AvgIpc) is 2.87. The van der Waals surface area contributed by atoms with E-state index in [2.05, 4.69) is 20.4 Å². The molecule has 0 aromatic carbocycles. The molecule has 0 fully saturated rings. The van der Waals surface area contributed by atoms with Crippen molar-refractivity contribution in [3.8, 4) is 0 Å². The van der Waals surface area contributed by atoms with Crippen molar-refractivity contribution in [1.29, 1.82) is 0 Å². The predicted molar refractivity (Wildman–Crippen MR) is 73.5 cm³/mol. The molecule has 0 saturated carbocycles. The first-order valence-corrected chi connectivity index (χ1v) is 6.55. The van der Waals surface area contributed by atoms with Crippen LogP contribution in [-0.2, 0) is 16.0 Å². The number of hydrogen-bond acceptors (Lipinski definition) is 5. The molecule has 20 heavy (non-hydrogen) atoms. The number of aromatic nitrogens is 4. The van der Waals surface area contributed by atoms with Crippen LogP contribution in [0.15, 0.2) is 6.33 Å². The highest BCUT2D eigenvalue weighted by Gasteiger charge is 2.12. The van der Waals surface area contributed by atoms with Gasteiger partial charge < -0.3 is 10.1 Å². The third kappa shape index (κ3) is 3.11. The van der Waals surface area contributed by atoms with Gasteiger partial charge in [-0.15, -0.1) is 0 Å². The van der Waals surface area contributed by atoms with Crippen molar-refractivity contribution in [1.82, 2.24) is 24.9 Å². The first-order valence-electron chi connectivity index (χ1n) is 6.55. The summed E-state index contributed by atoms with van der Waals surface area (Å²) in [6.45, 7) is 4.96. The summed E-state index contributed by atoms with van der Waals surface area (Å²) in [5.74, 6) is 0.604. The van der Waals surface area contributed by atoms with E-state index in [1.54, 1.807) is 11.6 Å². The number of ether oxygens (including phenoxy) is 1. The maximum atomic E-state index is 11.7. The van der Waals surface area contributed by atoms with E-state index >= 15 is 0 Å². The van der Waals surface area contributed by atoms with Crippen LogP contribution < -0.4 is 5.32 Å². The maximum Gasteiger partial charge on any atom is 0.252 e. The van der Waals surface area contributed by atoms with Crippen molar-refractivity contribution in [2.24, 2.45) is 0 Å². The van der Waals surface area contributed by atoms with Gasteiger partial charge >= 0.3 is 0 Å². The number of carbonyl (C=O) groups is 1. The molecule has 0 saturated heterocycles. The van der Waals surface area contributed by atoms with Gasteiger partial charge in [-0.25, -0.2) is 9.50 Å². The fraction of sp³-hybridized carbons (Fsp3) is 0.538. The summed E-state index contributed by atoms with van der Waals surface area (Å²) in [5.41, 5.74) is 2.92. The van der Waals surface area contributed by atoms with Crippen LogP contribution in [0.4, 0.5) is 0 Å². The van der Waals surface area contributed by atoms with Crippen molar-refractivity contribution < 1.29 is 9.53 Å². The number of methoxy groups -OCH3 is 1. The number of nitrogens with one attached hydrogen (secondary N) is 1. The summed E-state index contributed by atoms with van der Waals surface area (Å²) in [7, 11) is 1.61. The molecule has 0 spiro atoms. The molecule has 1 amide bonds. The number of carbonyl (C=O) groups excluding carboxylic acids is 1. The summed E-state index contributed by atoms with van der Waals surface area (Å²) >= 11 is 0. The standard InChI is InChI=1S/C13H19N5O2/c1-9-11(4-5-12(19)14-6-7-20-3)10(2)18-13(17-9)15-8-16-18/h8H,4-7H2,1-3H3,(H,14,19). The minimum atomic E-state index is 0.0135. The van der Waals surface area contributed by atoms with E-state index in [-0.39, 0.29) is 5.91 Å². The molecule has 0 radical (unpaired) electrons. The molecule has 0 aliphatic heterocycles. The topological polar surface area (TPSA) is 81.4 Å². The molecule has 108 valence electrons. The average molecular weight is 277 g/mol. The van der Waals surface area contributed by atoms with E-state index in [0.29, 0.717) is 31.8 Å². The quantitative estimate of drug-likeness (QED) is 0.775. The lowest BCUT2D eigenvalue weighted by atomic mass is 10.1. The molecule has 2 rings (SSSR count). The molecular formula is C13H19N5O2. The predicted octanol–water partition coefficient (Wildman–Crippen LogP) is 0.436. The smallest absolute Gasteiger partial charge is 0.252 e. The van der Waals surface area contributed by atoms with Gasteiger partial charge in [0.05, 0.1) is 6.61 Å². The zero-order valence-corrected chi connectivity index (χ0v) is 12.0. The van der Waals surface area contributed by atoms with Crippen LogP contribution in [0.25, 0.3) is 5.78 Å². The lowest BCUT2D eigenvalue weighted by molar-refractivity contribution is -0.121. The van der Waals surface area contributed by atoms with E-state index in [4.69, 9.17) is 4.74 Å². The summed E-state index contributed by atoms with van der Waals surface area (Å²) < 4.78 is 6.59. The number of aryl methyl sites for hydroxylation is 2. The van der Waals surface area contributed by atoms with E-state index in [1.165, 1.54) is 6.33 Å². The molecule has 0 aliphatic carbocycles. The van der Waals surface area contributed by atoms with Gasteiger partial charge in [0.25, 0.3) is 5.78 Å². The number of amides is 1. The molecule has 0 bridgehead atoms. The van der Waals surface area contributed by atoms with E-state index in [9.17, 15) is 4.79 Å². The van der Waals surface area contributed by atoms with Crippen molar-refractivity contribution >= 4 is 11.7 Å². The van der Waals surface area contributed by atoms with Gasteiger partial charge in [0.15, 0.2) is 0 Å². The van der Waals surface area contributed by atoms with Crippen LogP contribution in [-0.4, -0.2) is 45.8 Å². The van der Waals surface area contributed by atoms with Crippen LogP contribution in [0.5, 0.6) is 0 Å². The summed E-state index contributed by atoms with van der Waals surface area (Å²) in [6.07, 6.45) is 2.54. The Morgan fingerprint density at radius 2 is 2.25 bits per heavy atom. The van der Waals surface area contributed by atoms with Gasteiger partial charge in [-0.3, -0.25) is 4.79 Å². The number of hydrogen-bond donors (Lipinski definition) is 1. The Kier molecular flexibility index (Phi) is 4.62. The largest absolute Gasteiger partial charge is 0.383 e. The molecule has 0 aliphatic rings. The number of rotatable bonds is 6. The third-order valence-corrected chi connectivity index (χ3v) is 3.22. The molecular weight excluding hydrogens is 258 g/mol. The Labute approximate surface area is 117 Å². The maximum absolute atomic E-state index is 11.7. The summed E-state index contributed by atoms with van der Waals surface area (Å²) in [6, 6.07) is 0. The second-order valence-electron chi connectivity index (χ2n) is 4.58. The lowest BCUT2D eigenvalue weighted by Crippen LogP contribution is -2.27. The highest BCUT2D eigenvalue weighted by Crippen LogP contribution is 2.14. The van der Waals surface area contributed by atoms with Crippen molar-refractivity contribution in [2.45, 2.75) is 26.7 Å². The fourth-order valence-corrected chi connectivity index (χ4v) is 2.14. The monoisotopic (exact) mass is 277 g/mol. The number of nitrogens with zero attached hydrogens (tertiary/aromatic N) is 4. The molecule has 7 heteroatoms. The van der Waals surface area contributed by atoms with Gasteiger partial charge in [0, 0.05) is 31.5 Å². The first-order chi connectivity index (χ1) is 9.63. The van der Waals surface area contributed by atoms with Gasteiger partial charge in [-0.05, 0) is 25.8 Å². The minimum Gasteiger partial charge on any atom is -0.383 e. The van der Waals surface area contributed by atoms with Crippen LogP contribution in [0.2, 0.25) is 0 Å². The van der Waals surface area contributed by atoms with Gasteiger partial charge in [-0.1, -0.05) is 0 Å². The van der Waals surface area contributed by atoms with Crippen LogP contribution >= 0.6 is 0 Å². The van der Waals surface area contributed by atoms with E-state index in [1.807, 2.05) is 13.8 Å². The van der Waals surface area contributed by atoms with Gasteiger partial charge in [0.1, 0.15) is 6.33 Å². The second kappa shape index (κ2) is 6.42. The molecule has 0 atom stereocenters. The zero-order valence-electron chi connectivity index (χ0n) is 12.0. The van der Waals surface area contributed by atoms with E-state index in [0.717, 1.165) is 17.0 Å². The summed E-state index contributed by atoms with van der Waals surface area (Å²) in [5, 5.41) is 6.94. The fourth-order valence-electron chi connectivity index (χ4n) is 2.14. The molecule has 2 aromatic heterocycles. The van der Waals surface area contributed by atoms with E-state index < -0.39 is 0 Å². The molecule has 2 aromatic rings. The highest BCUT2D eigenvalue weighted by molar-refractivity contribution is 5.76. The van der Waals surface area contributed by atoms with Crippen LogP contribution in [0.3, 0.4) is 0 Å². The van der Waals surface area contributed by atoms with Crippen molar-refractivity contribution in [3.63, 3.8) is 0 Å². The number of fused-ring (bicyclic) bond motifs is 1. The normalized spacial score (nSPS) is 10.9. The van der Waals surface area contributed by atoms with Crippen molar-refractivity contribution in [2.75, 3.05) is 20.3 Å². The molecule has 7 nitrogen and oxygen atoms in total. The van der Waals surface area contributed by atoms with Crippen molar-refractivity contribution in [3.05, 3.63) is 23.3 Å². The Morgan fingerprint density at radius 1 is 1.45 bits per heavy atom. The highest BCUT2D eigenvalue weighted by atomic mass is 16.5. The first kappa shape index (κ1) is 14.4. The Bertz CT molecular complexity index is 608. The lowest BCUT2D eigenvalue weighted by Gasteiger charge is -2.10. The second-order valence-corrected chi connectivity index (χ2v) is 4.58.